The van der Waals surface area contributed by atoms with Gasteiger partial charge in [-0.05, 0) is 48.3 Å². The van der Waals surface area contributed by atoms with Crippen molar-refractivity contribution in [1.82, 2.24) is 0 Å². The summed E-state index contributed by atoms with van der Waals surface area (Å²) in [6, 6.07) is 6.03. The Hall–Kier alpha value is -1.84. The van der Waals surface area contributed by atoms with Gasteiger partial charge in [-0.3, -0.25) is 9.59 Å². The van der Waals surface area contributed by atoms with Crippen LogP contribution in [0.25, 0.3) is 0 Å². The summed E-state index contributed by atoms with van der Waals surface area (Å²) in [7, 11) is 0. The van der Waals surface area contributed by atoms with Crippen LogP contribution in [0.2, 0.25) is 0 Å². The second kappa shape index (κ2) is 4.68. The van der Waals surface area contributed by atoms with Crippen LogP contribution in [0.4, 0.5) is 5.69 Å². The summed E-state index contributed by atoms with van der Waals surface area (Å²) in [6.07, 6.45) is 3.71. The highest BCUT2D eigenvalue weighted by Gasteiger charge is 2.34. The SMILES string of the molecule is O=C(O)CC(c1ccc2c(c1)NC(=O)CC2)C1CC1. The number of carbonyl (C=O) groups is 2. The van der Waals surface area contributed by atoms with Crippen molar-refractivity contribution >= 4 is 17.6 Å². The molecule has 0 saturated heterocycles. The van der Waals surface area contributed by atoms with Crippen LogP contribution < -0.4 is 5.32 Å². The molecular weight excluding hydrogens is 242 g/mol. The number of aryl methyl sites for hydroxylation is 1. The van der Waals surface area contributed by atoms with Gasteiger partial charge in [0.25, 0.3) is 0 Å². The van der Waals surface area contributed by atoms with Gasteiger partial charge in [-0.2, -0.15) is 0 Å². The van der Waals surface area contributed by atoms with Gasteiger partial charge in [0, 0.05) is 12.1 Å². The van der Waals surface area contributed by atoms with Crippen LogP contribution >= 0.6 is 0 Å². The molecule has 1 aromatic rings. The number of nitrogens with one attached hydrogen (secondary N) is 1. The summed E-state index contributed by atoms with van der Waals surface area (Å²) in [5.41, 5.74) is 3.06. The molecule has 100 valence electrons. The van der Waals surface area contributed by atoms with Crippen molar-refractivity contribution in [2.24, 2.45) is 5.92 Å². The lowest BCUT2D eigenvalue weighted by Crippen LogP contribution is -2.19. The van der Waals surface area contributed by atoms with E-state index >= 15 is 0 Å². The highest BCUT2D eigenvalue weighted by atomic mass is 16.4. The normalized spacial score (nSPS) is 19.5. The number of anilines is 1. The lowest BCUT2D eigenvalue weighted by Gasteiger charge is -2.21. The van der Waals surface area contributed by atoms with E-state index in [1.54, 1.807) is 0 Å². The van der Waals surface area contributed by atoms with E-state index in [1.165, 1.54) is 0 Å². The molecule has 4 heteroatoms. The molecule has 2 N–H and O–H groups in total. The Morgan fingerprint density at radius 1 is 1.37 bits per heavy atom. The molecule has 1 unspecified atom stereocenters. The van der Waals surface area contributed by atoms with Crippen LogP contribution in [0.15, 0.2) is 18.2 Å². The first kappa shape index (κ1) is 12.2. The average molecular weight is 259 g/mol. The van der Waals surface area contributed by atoms with Gasteiger partial charge in [0.05, 0.1) is 6.42 Å². The van der Waals surface area contributed by atoms with Crippen molar-refractivity contribution < 1.29 is 14.7 Å². The van der Waals surface area contributed by atoms with Gasteiger partial charge in [0.1, 0.15) is 0 Å². The minimum atomic E-state index is -0.751. The standard InChI is InChI=1S/C15H17NO3/c17-14-6-5-10-3-4-11(7-13(10)16-14)12(8-15(18)19)9-1-2-9/h3-4,7,9,12H,1-2,5-6,8H2,(H,16,17)(H,18,19). The third-order valence-corrected chi connectivity index (χ3v) is 4.04. The summed E-state index contributed by atoms with van der Waals surface area (Å²) in [5.74, 6) is -0.125. The molecule has 1 aromatic carbocycles. The summed E-state index contributed by atoms with van der Waals surface area (Å²) in [4.78, 5) is 22.4. The summed E-state index contributed by atoms with van der Waals surface area (Å²) < 4.78 is 0. The quantitative estimate of drug-likeness (QED) is 0.873. The smallest absolute Gasteiger partial charge is 0.303 e. The van der Waals surface area contributed by atoms with E-state index in [2.05, 4.69) is 5.32 Å². The first-order valence-electron chi connectivity index (χ1n) is 6.78. The van der Waals surface area contributed by atoms with Crippen LogP contribution in [0.3, 0.4) is 0 Å². The Morgan fingerprint density at radius 2 is 2.16 bits per heavy atom. The predicted molar refractivity (Wildman–Crippen MR) is 71.1 cm³/mol. The van der Waals surface area contributed by atoms with Gasteiger partial charge in [0.15, 0.2) is 0 Å². The van der Waals surface area contributed by atoms with Crippen molar-refractivity contribution in [3.05, 3.63) is 29.3 Å². The molecule has 2 aliphatic rings. The Bertz CT molecular complexity index is 534. The zero-order chi connectivity index (χ0) is 13.4. The summed E-state index contributed by atoms with van der Waals surface area (Å²) in [6.45, 7) is 0. The molecule has 4 nitrogen and oxygen atoms in total. The Morgan fingerprint density at radius 3 is 2.84 bits per heavy atom. The van der Waals surface area contributed by atoms with Gasteiger partial charge < -0.3 is 10.4 Å². The van der Waals surface area contributed by atoms with E-state index in [0.717, 1.165) is 36.1 Å². The molecule has 0 spiro atoms. The van der Waals surface area contributed by atoms with E-state index in [4.69, 9.17) is 5.11 Å². The van der Waals surface area contributed by atoms with E-state index < -0.39 is 5.97 Å². The molecule has 1 amide bonds. The predicted octanol–water partition coefficient (Wildman–Crippen LogP) is 2.54. The number of hydrogen-bond acceptors (Lipinski definition) is 2. The minimum Gasteiger partial charge on any atom is -0.481 e. The number of fused-ring (bicyclic) bond motifs is 1. The fraction of sp³-hybridized carbons (Fsp3) is 0.467. The van der Waals surface area contributed by atoms with Crippen LogP contribution in [0.5, 0.6) is 0 Å². The first-order chi connectivity index (χ1) is 9.13. The minimum absolute atomic E-state index is 0.0471. The monoisotopic (exact) mass is 259 g/mol. The maximum Gasteiger partial charge on any atom is 0.303 e. The van der Waals surface area contributed by atoms with Gasteiger partial charge in [0.2, 0.25) is 5.91 Å². The lowest BCUT2D eigenvalue weighted by molar-refractivity contribution is -0.137. The molecule has 1 aliphatic carbocycles. The topological polar surface area (TPSA) is 66.4 Å². The number of amides is 1. The van der Waals surface area contributed by atoms with Gasteiger partial charge >= 0.3 is 5.97 Å². The van der Waals surface area contributed by atoms with E-state index in [9.17, 15) is 9.59 Å². The molecule has 1 fully saturated rings. The molecule has 0 aromatic heterocycles. The van der Waals surface area contributed by atoms with Crippen LogP contribution in [-0.4, -0.2) is 17.0 Å². The fourth-order valence-corrected chi connectivity index (χ4v) is 2.86. The van der Waals surface area contributed by atoms with Crippen LogP contribution in [-0.2, 0) is 16.0 Å². The number of hydrogen-bond donors (Lipinski definition) is 2. The molecular formula is C15H17NO3. The Kier molecular flexibility index (Phi) is 3.01. The number of rotatable bonds is 4. The largest absolute Gasteiger partial charge is 0.481 e. The molecule has 0 bridgehead atoms. The lowest BCUT2D eigenvalue weighted by atomic mass is 9.88. The fourth-order valence-electron chi connectivity index (χ4n) is 2.86. The summed E-state index contributed by atoms with van der Waals surface area (Å²) >= 11 is 0. The zero-order valence-corrected chi connectivity index (χ0v) is 10.7. The van der Waals surface area contributed by atoms with E-state index in [-0.39, 0.29) is 18.2 Å². The molecule has 19 heavy (non-hydrogen) atoms. The second-order valence-electron chi connectivity index (χ2n) is 5.51. The molecule has 1 heterocycles. The maximum atomic E-state index is 11.4. The number of carboxylic acid groups (broad SMARTS) is 1. The number of benzene rings is 1. The number of carboxylic acids is 1. The second-order valence-corrected chi connectivity index (χ2v) is 5.51. The summed E-state index contributed by atoms with van der Waals surface area (Å²) in [5, 5.41) is 11.9. The molecule has 0 radical (unpaired) electrons. The molecule has 1 saturated carbocycles. The van der Waals surface area contributed by atoms with Crippen molar-refractivity contribution in [2.45, 2.75) is 38.0 Å². The Labute approximate surface area is 111 Å². The van der Waals surface area contributed by atoms with Crippen LogP contribution in [0, 0.1) is 5.92 Å². The Balaban J connectivity index is 1.89. The first-order valence-corrected chi connectivity index (χ1v) is 6.78. The van der Waals surface area contributed by atoms with Crippen LogP contribution in [0.1, 0.15) is 42.7 Å². The third-order valence-electron chi connectivity index (χ3n) is 4.04. The third kappa shape index (κ3) is 2.62. The molecule has 1 aliphatic heterocycles. The number of aliphatic carboxylic acids is 1. The zero-order valence-electron chi connectivity index (χ0n) is 10.7. The van der Waals surface area contributed by atoms with Crippen molar-refractivity contribution in [3.8, 4) is 0 Å². The number of carbonyl (C=O) groups excluding carboxylic acids is 1. The van der Waals surface area contributed by atoms with Gasteiger partial charge in [-0.25, -0.2) is 0 Å². The molecule has 3 rings (SSSR count). The van der Waals surface area contributed by atoms with E-state index in [0.29, 0.717) is 12.3 Å². The maximum absolute atomic E-state index is 11.4. The van der Waals surface area contributed by atoms with Gasteiger partial charge in [-0.15, -0.1) is 0 Å². The van der Waals surface area contributed by atoms with Crippen molar-refractivity contribution in [2.75, 3.05) is 5.32 Å². The average Bonchev–Trinajstić information content (AvgIpc) is 3.19. The highest BCUT2D eigenvalue weighted by Crippen LogP contribution is 2.45. The van der Waals surface area contributed by atoms with E-state index in [1.807, 2.05) is 18.2 Å². The molecule has 1 atom stereocenters. The highest BCUT2D eigenvalue weighted by molar-refractivity contribution is 5.94. The van der Waals surface area contributed by atoms with Gasteiger partial charge in [-0.1, -0.05) is 12.1 Å². The van der Waals surface area contributed by atoms with Crippen molar-refractivity contribution in [3.63, 3.8) is 0 Å². The van der Waals surface area contributed by atoms with Crippen molar-refractivity contribution in [1.29, 1.82) is 0 Å².